The number of carbonyl (C=O) groups excluding carboxylic acids is 3. The molecule has 0 aliphatic carbocycles. The first-order valence-corrected chi connectivity index (χ1v) is 10.2. The monoisotopic (exact) mass is 408 g/mol. The van der Waals surface area contributed by atoms with E-state index in [4.69, 9.17) is 12.2 Å². The summed E-state index contributed by atoms with van der Waals surface area (Å²) in [5, 5.41) is 3.49. The van der Waals surface area contributed by atoms with Crippen molar-refractivity contribution in [2.24, 2.45) is 0 Å². The molecule has 0 spiro atoms. The molecule has 1 fully saturated rings. The van der Waals surface area contributed by atoms with E-state index in [0.29, 0.717) is 16.3 Å². The number of thiocarbonyl (C=S) groups is 1. The van der Waals surface area contributed by atoms with Gasteiger partial charge in [0.25, 0.3) is 5.91 Å². The van der Waals surface area contributed by atoms with Crippen molar-refractivity contribution in [3.63, 3.8) is 0 Å². The number of thioether (sulfide) groups is 1. The van der Waals surface area contributed by atoms with Crippen molar-refractivity contribution in [3.8, 4) is 0 Å². The zero-order valence-corrected chi connectivity index (χ0v) is 17.3. The van der Waals surface area contributed by atoms with Crippen molar-refractivity contribution >= 4 is 46.1 Å². The van der Waals surface area contributed by atoms with Gasteiger partial charge < -0.3 is 10.2 Å². The maximum Gasteiger partial charge on any atom is 0.344 e. The number of urea groups is 1. The van der Waals surface area contributed by atoms with Crippen molar-refractivity contribution in [1.29, 1.82) is 0 Å². The molecule has 1 aromatic carbocycles. The van der Waals surface area contributed by atoms with Gasteiger partial charge in [-0.1, -0.05) is 61.2 Å². The fourth-order valence-electron chi connectivity index (χ4n) is 2.90. The minimum absolute atomic E-state index is 0.0247. The van der Waals surface area contributed by atoms with E-state index in [2.05, 4.69) is 10.7 Å². The van der Waals surface area contributed by atoms with Crippen LogP contribution >= 0.6 is 24.0 Å². The van der Waals surface area contributed by atoms with Gasteiger partial charge in [-0.05, 0) is 25.8 Å². The van der Waals surface area contributed by atoms with Gasteiger partial charge in [-0.25, -0.2) is 4.79 Å². The zero-order chi connectivity index (χ0) is 20.0. The van der Waals surface area contributed by atoms with Gasteiger partial charge in [0.05, 0.1) is 5.75 Å². The molecular weight excluding hydrogens is 384 g/mol. The van der Waals surface area contributed by atoms with Crippen molar-refractivity contribution < 1.29 is 14.4 Å². The highest BCUT2D eigenvalue weighted by Gasteiger charge is 2.52. The average molecular weight is 409 g/mol. The molecule has 2 rings (SSSR count). The van der Waals surface area contributed by atoms with Crippen molar-refractivity contribution in [2.45, 2.75) is 32.7 Å². The Morgan fingerprint density at radius 3 is 2.41 bits per heavy atom. The first kappa shape index (κ1) is 21.2. The molecule has 1 aromatic rings. The maximum absolute atomic E-state index is 12.9. The van der Waals surface area contributed by atoms with Gasteiger partial charge in [0.2, 0.25) is 5.91 Å². The van der Waals surface area contributed by atoms with Crippen LogP contribution in [0.3, 0.4) is 0 Å². The molecule has 0 bridgehead atoms. The Morgan fingerprint density at radius 1 is 1.22 bits per heavy atom. The van der Waals surface area contributed by atoms with Gasteiger partial charge >= 0.3 is 6.03 Å². The standard InChI is InChI=1S/C18H24N4O3S2/c1-4-18(13-10-8-7-9-11-13)15(24)22(16(25)19-18)20-14(23)12-27-17(26)21(5-2)6-3/h7-11H,4-6,12H2,1-3H3,(H,19,25)(H,20,23). The second kappa shape index (κ2) is 9.18. The highest BCUT2D eigenvalue weighted by atomic mass is 32.2. The number of nitrogens with zero attached hydrogens (tertiary/aromatic N) is 2. The summed E-state index contributed by atoms with van der Waals surface area (Å²) in [6.07, 6.45) is 0.370. The second-order valence-electron chi connectivity index (χ2n) is 5.96. The number of hydrogen-bond acceptors (Lipinski definition) is 5. The lowest BCUT2D eigenvalue weighted by Crippen LogP contribution is -2.49. The van der Waals surface area contributed by atoms with Crippen molar-refractivity contribution in [1.82, 2.24) is 20.7 Å². The molecule has 1 unspecified atom stereocenters. The summed E-state index contributed by atoms with van der Waals surface area (Å²) in [6, 6.07) is 8.37. The topological polar surface area (TPSA) is 81.8 Å². The molecule has 1 aliphatic heterocycles. The number of hydrazine groups is 1. The normalized spacial score (nSPS) is 19.0. The van der Waals surface area contributed by atoms with Crippen molar-refractivity contribution in [2.75, 3.05) is 18.8 Å². The number of benzene rings is 1. The SMILES string of the molecule is CCN(CC)C(=S)SCC(=O)NN1C(=O)NC(CC)(c2ccccc2)C1=O. The van der Waals surface area contributed by atoms with E-state index in [1.807, 2.05) is 31.7 Å². The molecule has 0 saturated carbocycles. The summed E-state index contributed by atoms with van der Waals surface area (Å²) in [7, 11) is 0. The lowest BCUT2D eigenvalue weighted by atomic mass is 9.87. The molecule has 1 aliphatic rings. The molecule has 1 heterocycles. The summed E-state index contributed by atoms with van der Waals surface area (Å²) in [5.74, 6) is -0.930. The van der Waals surface area contributed by atoms with Crippen LogP contribution in [0.1, 0.15) is 32.8 Å². The number of nitrogens with one attached hydrogen (secondary N) is 2. The van der Waals surface area contributed by atoms with Gasteiger partial charge in [0.15, 0.2) is 0 Å². The number of rotatable bonds is 7. The largest absolute Gasteiger partial charge is 0.358 e. The van der Waals surface area contributed by atoms with E-state index in [-0.39, 0.29) is 5.75 Å². The smallest absolute Gasteiger partial charge is 0.344 e. The van der Waals surface area contributed by atoms with Gasteiger partial charge in [-0.3, -0.25) is 15.0 Å². The molecule has 27 heavy (non-hydrogen) atoms. The van der Waals surface area contributed by atoms with Crippen LogP contribution in [-0.2, 0) is 15.1 Å². The van der Waals surface area contributed by atoms with Gasteiger partial charge in [0, 0.05) is 13.1 Å². The fourth-order valence-corrected chi connectivity index (χ4v) is 4.09. The van der Waals surface area contributed by atoms with Crippen LogP contribution in [0.25, 0.3) is 0 Å². The second-order valence-corrected chi connectivity index (χ2v) is 7.57. The number of carbonyl (C=O) groups is 3. The summed E-state index contributed by atoms with van der Waals surface area (Å²) < 4.78 is 0.611. The predicted octanol–water partition coefficient (Wildman–Crippen LogP) is 2.23. The Hall–Kier alpha value is -2.13. The average Bonchev–Trinajstić information content (AvgIpc) is 2.93. The maximum atomic E-state index is 12.9. The Kier molecular flexibility index (Phi) is 7.20. The van der Waals surface area contributed by atoms with Crippen LogP contribution in [-0.4, -0.2) is 50.9 Å². The molecule has 0 radical (unpaired) electrons. The highest BCUT2D eigenvalue weighted by molar-refractivity contribution is 8.23. The zero-order valence-electron chi connectivity index (χ0n) is 15.7. The number of hydrogen-bond donors (Lipinski definition) is 2. The molecule has 0 aromatic heterocycles. The summed E-state index contributed by atoms with van der Waals surface area (Å²) >= 11 is 6.49. The third-order valence-corrected chi connectivity index (χ3v) is 6.00. The molecule has 1 saturated heterocycles. The van der Waals surface area contributed by atoms with Gasteiger partial charge in [-0.15, -0.1) is 0 Å². The van der Waals surface area contributed by atoms with Crippen LogP contribution in [0, 0.1) is 0 Å². The van der Waals surface area contributed by atoms with Gasteiger partial charge in [-0.2, -0.15) is 5.01 Å². The summed E-state index contributed by atoms with van der Waals surface area (Å²) in [4.78, 5) is 39.5. The molecule has 7 nitrogen and oxygen atoms in total. The Bertz CT molecular complexity index is 725. The third kappa shape index (κ3) is 4.41. The summed E-state index contributed by atoms with van der Waals surface area (Å²) in [6.45, 7) is 7.30. The number of imide groups is 1. The lowest BCUT2D eigenvalue weighted by Gasteiger charge is -2.25. The molecule has 1 atom stereocenters. The molecule has 2 N–H and O–H groups in total. The quantitative estimate of drug-likeness (QED) is 0.532. The fraction of sp³-hybridized carbons (Fsp3) is 0.444. The highest BCUT2D eigenvalue weighted by Crippen LogP contribution is 2.31. The van der Waals surface area contributed by atoms with E-state index in [1.54, 1.807) is 24.3 Å². The van der Waals surface area contributed by atoms with Gasteiger partial charge in [0.1, 0.15) is 9.86 Å². The Labute approximate surface area is 168 Å². The first-order chi connectivity index (χ1) is 12.9. The Morgan fingerprint density at radius 2 is 1.85 bits per heavy atom. The van der Waals surface area contributed by atoms with Crippen LogP contribution in [0.2, 0.25) is 0 Å². The van der Waals surface area contributed by atoms with E-state index in [1.165, 1.54) is 11.8 Å². The predicted molar refractivity (Wildman–Crippen MR) is 110 cm³/mol. The molecular formula is C18H24N4O3S2. The first-order valence-electron chi connectivity index (χ1n) is 8.83. The van der Waals surface area contributed by atoms with E-state index >= 15 is 0 Å². The third-order valence-electron chi connectivity index (χ3n) is 4.47. The van der Waals surface area contributed by atoms with Crippen LogP contribution in [0.5, 0.6) is 0 Å². The van der Waals surface area contributed by atoms with Crippen LogP contribution in [0.15, 0.2) is 30.3 Å². The van der Waals surface area contributed by atoms with E-state index < -0.39 is 23.4 Å². The molecule has 4 amide bonds. The minimum Gasteiger partial charge on any atom is -0.358 e. The van der Waals surface area contributed by atoms with E-state index in [9.17, 15) is 14.4 Å². The minimum atomic E-state index is -1.17. The molecule has 146 valence electrons. The Balaban J connectivity index is 2.05. The van der Waals surface area contributed by atoms with Crippen molar-refractivity contribution in [3.05, 3.63) is 35.9 Å². The summed E-state index contributed by atoms with van der Waals surface area (Å²) in [5.41, 5.74) is 1.91. The lowest BCUT2D eigenvalue weighted by molar-refractivity contribution is -0.138. The van der Waals surface area contributed by atoms with Crippen LogP contribution < -0.4 is 10.7 Å². The number of amides is 4. The molecule has 9 heteroatoms. The van der Waals surface area contributed by atoms with E-state index in [0.717, 1.165) is 18.1 Å². The van der Waals surface area contributed by atoms with Crippen LogP contribution in [0.4, 0.5) is 4.79 Å².